The summed E-state index contributed by atoms with van der Waals surface area (Å²) in [5.74, 6) is 1.70. The van der Waals surface area contributed by atoms with Crippen molar-refractivity contribution in [1.29, 1.82) is 0 Å². The highest BCUT2D eigenvalue weighted by molar-refractivity contribution is 7.01. The lowest BCUT2D eigenvalue weighted by atomic mass is 9.89. The van der Waals surface area contributed by atoms with Crippen LogP contribution >= 0.6 is 0 Å². The van der Waals surface area contributed by atoms with Crippen LogP contribution in [0.2, 0.25) is 13.1 Å². The van der Waals surface area contributed by atoms with E-state index in [1.54, 1.807) is 16.3 Å². The third-order valence-corrected chi connectivity index (χ3v) is 8.86. The van der Waals surface area contributed by atoms with Crippen LogP contribution in [0.25, 0.3) is 0 Å². The Labute approximate surface area is 150 Å². The van der Waals surface area contributed by atoms with E-state index in [4.69, 9.17) is 0 Å². The van der Waals surface area contributed by atoms with E-state index in [0.29, 0.717) is 17.8 Å². The summed E-state index contributed by atoms with van der Waals surface area (Å²) in [4.78, 5) is 0. The molecule has 0 nitrogen and oxygen atoms in total. The fourth-order valence-electron chi connectivity index (χ4n) is 3.68. The standard InChI is InChI=1S/C23H34Si/c1-16(2)19-14-21(17(3)4)23(22(15-19)18(5)6)24(7,8)20-12-10-9-11-13-20/h9-18H,1-8H3. The first kappa shape index (κ1) is 19.0. The molecule has 0 aromatic heterocycles. The van der Waals surface area contributed by atoms with E-state index >= 15 is 0 Å². The van der Waals surface area contributed by atoms with Crippen molar-refractivity contribution in [3.8, 4) is 0 Å². The average molecular weight is 339 g/mol. The first-order chi connectivity index (χ1) is 11.2. The van der Waals surface area contributed by atoms with Gasteiger partial charge in [-0.1, -0.05) is 102 Å². The normalized spacial score (nSPS) is 12.5. The average Bonchev–Trinajstić information content (AvgIpc) is 2.54. The second kappa shape index (κ2) is 7.27. The largest absolute Gasteiger partial charge is 0.112 e. The molecule has 0 aliphatic rings. The smallest absolute Gasteiger partial charge is 0.0626 e. The fourth-order valence-corrected chi connectivity index (χ4v) is 7.16. The fraction of sp³-hybridized carbons (Fsp3) is 0.478. The zero-order valence-corrected chi connectivity index (χ0v) is 17.8. The molecule has 0 spiro atoms. The zero-order chi connectivity index (χ0) is 18.1. The molecule has 24 heavy (non-hydrogen) atoms. The second-order valence-electron chi connectivity index (χ2n) is 8.53. The van der Waals surface area contributed by atoms with Crippen LogP contribution in [0.1, 0.15) is 76.0 Å². The molecule has 2 rings (SSSR count). The molecule has 0 unspecified atom stereocenters. The summed E-state index contributed by atoms with van der Waals surface area (Å²) in [7, 11) is -1.73. The molecule has 0 aliphatic heterocycles. The molecule has 0 aliphatic carbocycles. The van der Waals surface area contributed by atoms with Crippen molar-refractivity contribution in [3.63, 3.8) is 0 Å². The number of rotatable bonds is 5. The van der Waals surface area contributed by atoms with Crippen LogP contribution in [-0.2, 0) is 0 Å². The molecule has 2 aromatic rings. The molecule has 1 heteroatoms. The summed E-state index contributed by atoms with van der Waals surface area (Å²) < 4.78 is 0. The van der Waals surface area contributed by atoms with Crippen molar-refractivity contribution in [2.45, 2.75) is 72.4 Å². The molecule has 0 heterocycles. The van der Waals surface area contributed by atoms with Crippen LogP contribution in [0.5, 0.6) is 0 Å². The van der Waals surface area contributed by atoms with Crippen LogP contribution in [0.4, 0.5) is 0 Å². The minimum Gasteiger partial charge on any atom is -0.0626 e. The Balaban J connectivity index is 2.80. The molecule has 0 saturated heterocycles. The van der Waals surface area contributed by atoms with Crippen LogP contribution in [-0.4, -0.2) is 8.07 Å². The quantitative estimate of drug-likeness (QED) is 0.597. The third-order valence-electron chi connectivity index (χ3n) is 5.25. The van der Waals surface area contributed by atoms with Crippen molar-refractivity contribution in [3.05, 3.63) is 59.2 Å². The maximum absolute atomic E-state index is 2.52. The lowest BCUT2D eigenvalue weighted by molar-refractivity contribution is 0.812. The first-order valence-corrected chi connectivity index (χ1v) is 12.4. The van der Waals surface area contributed by atoms with Gasteiger partial charge in [-0.15, -0.1) is 0 Å². The van der Waals surface area contributed by atoms with E-state index < -0.39 is 8.07 Å². The first-order valence-electron chi connectivity index (χ1n) is 9.40. The Morgan fingerprint density at radius 3 is 1.50 bits per heavy atom. The third kappa shape index (κ3) is 3.67. The predicted octanol–water partition coefficient (Wildman–Crippen LogP) is 5.88. The van der Waals surface area contributed by atoms with Gasteiger partial charge >= 0.3 is 0 Å². The molecule has 0 fully saturated rings. The monoisotopic (exact) mass is 338 g/mol. The number of benzene rings is 2. The number of hydrogen-bond acceptors (Lipinski definition) is 0. The molecule has 0 bridgehead atoms. The summed E-state index contributed by atoms with van der Waals surface area (Å²) in [5, 5.41) is 3.20. The van der Waals surface area contributed by atoms with Crippen LogP contribution in [0, 0.1) is 0 Å². The zero-order valence-electron chi connectivity index (χ0n) is 16.8. The van der Waals surface area contributed by atoms with Crippen LogP contribution in [0.3, 0.4) is 0 Å². The molecular weight excluding hydrogens is 304 g/mol. The topological polar surface area (TPSA) is 0 Å². The highest BCUT2D eigenvalue weighted by Gasteiger charge is 2.32. The molecule has 0 amide bonds. The Bertz CT molecular complexity index is 649. The Morgan fingerprint density at radius 1 is 0.667 bits per heavy atom. The van der Waals surface area contributed by atoms with Gasteiger partial charge in [-0.25, -0.2) is 0 Å². The van der Waals surface area contributed by atoms with Gasteiger partial charge in [0.2, 0.25) is 0 Å². The molecule has 0 radical (unpaired) electrons. The summed E-state index contributed by atoms with van der Waals surface area (Å²) in [6, 6.07) is 16.2. The number of hydrogen-bond donors (Lipinski definition) is 0. The second-order valence-corrected chi connectivity index (χ2v) is 12.9. The molecule has 0 saturated carbocycles. The summed E-state index contributed by atoms with van der Waals surface area (Å²) in [6.07, 6.45) is 0. The SMILES string of the molecule is CC(C)c1cc(C(C)C)c([Si](C)(C)c2ccccc2)c(C(C)C)c1. The van der Waals surface area contributed by atoms with Crippen molar-refractivity contribution in [1.82, 2.24) is 0 Å². The summed E-state index contributed by atoms with van der Waals surface area (Å²) in [5.41, 5.74) is 4.64. The minimum atomic E-state index is -1.73. The Hall–Kier alpha value is -1.34. The van der Waals surface area contributed by atoms with Gasteiger partial charge in [0, 0.05) is 0 Å². The summed E-state index contributed by atoms with van der Waals surface area (Å²) >= 11 is 0. The van der Waals surface area contributed by atoms with Crippen molar-refractivity contribution >= 4 is 18.4 Å². The minimum absolute atomic E-state index is 0.562. The molecule has 130 valence electrons. The van der Waals surface area contributed by atoms with Gasteiger partial charge in [-0.2, -0.15) is 0 Å². The van der Waals surface area contributed by atoms with Gasteiger partial charge in [0.1, 0.15) is 8.07 Å². The lowest BCUT2D eigenvalue weighted by Gasteiger charge is -2.33. The highest BCUT2D eigenvalue weighted by atomic mass is 28.3. The van der Waals surface area contributed by atoms with Crippen molar-refractivity contribution < 1.29 is 0 Å². The Morgan fingerprint density at radius 2 is 1.12 bits per heavy atom. The molecule has 2 aromatic carbocycles. The van der Waals surface area contributed by atoms with E-state index in [0.717, 1.165) is 0 Å². The van der Waals surface area contributed by atoms with Gasteiger partial charge < -0.3 is 0 Å². The van der Waals surface area contributed by atoms with Gasteiger partial charge in [-0.3, -0.25) is 0 Å². The maximum atomic E-state index is 2.52. The van der Waals surface area contributed by atoms with Crippen LogP contribution in [0.15, 0.2) is 42.5 Å². The van der Waals surface area contributed by atoms with Gasteiger partial charge in [0.25, 0.3) is 0 Å². The van der Waals surface area contributed by atoms with E-state index in [-0.39, 0.29) is 0 Å². The van der Waals surface area contributed by atoms with Crippen molar-refractivity contribution in [2.24, 2.45) is 0 Å². The summed E-state index contributed by atoms with van der Waals surface area (Å²) in [6.45, 7) is 19.1. The predicted molar refractivity (Wildman–Crippen MR) is 112 cm³/mol. The van der Waals surface area contributed by atoms with E-state index in [1.807, 2.05) is 0 Å². The lowest BCUT2D eigenvalue weighted by Crippen LogP contribution is -2.56. The maximum Gasteiger partial charge on any atom is 0.112 e. The highest BCUT2D eigenvalue weighted by Crippen LogP contribution is 2.28. The van der Waals surface area contributed by atoms with Crippen molar-refractivity contribution in [2.75, 3.05) is 0 Å². The molecule has 0 atom stereocenters. The Kier molecular flexibility index (Phi) is 5.75. The molecule has 0 N–H and O–H groups in total. The van der Waals surface area contributed by atoms with Crippen LogP contribution < -0.4 is 10.4 Å². The van der Waals surface area contributed by atoms with Gasteiger partial charge in [0.15, 0.2) is 0 Å². The molecular formula is C23H34Si. The van der Waals surface area contributed by atoms with E-state index in [9.17, 15) is 0 Å². The van der Waals surface area contributed by atoms with Gasteiger partial charge in [-0.05, 0) is 39.6 Å². The van der Waals surface area contributed by atoms with E-state index in [1.165, 1.54) is 10.8 Å². The van der Waals surface area contributed by atoms with Gasteiger partial charge in [0.05, 0.1) is 0 Å². The van der Waals surface area contributed by atoms with E-state index in [2.05, 4.69) is 97.1 Å².